The van der Waals surface area contributed by atoms with E-state index in [9.17, 15) is 19.5 Å². The maximum atomic E-state index is 13.4. The van der Waals surface area contributed by atoms with E-state index in [1.165, 1.54) is 0 Å². The van der Waals surface area contributed by atoms with Crippen molar-refractivity contribution in [2.75, 3.05) is 19.7 Å². The Kier molecular flexibility index (Phi) is 8.40. The van der Waals surface area contributed by atoms with Crippen LogP contribution in [0.2, 0.25) is 0 Å². The van der Waals surface area contributed by atoms with Crippen LogP contribution < -0.4 is 10.6 Å². The summed E-state index contributed by atoms with van der Waals surface area (Å²) in [7, 11) is 0. The van der Waals surface area contributed by atoms with Crippen LogP contribution in [0.3, 0.4) is 0 Å². The van der Waals surface area contributed by atoms with Crippen LogP contribution in [-0.4, -0.2) is 59.3 Å². The van der Waals surface area contributed by atoms with Gasteiger partial charge in [0.25, 0.3) is 0 Å². The number of likely N-dealkylation sites (tertiary alicyclic amines) is 1. The minimum atomic E-state index is -1.39. The molecule has 1 fully saturated rings. The first-order valence-electron chi connectivity index (χ1n) is 14.2. The number of carbonyl (C=O) groups excluding carboxylic acids is 2. The van der Waals surface area contributed by atoms with Crippen molar-refractivity contribution < 1.29 is 24.2 Å². The van der Waals surface area contributed by atoms with Gasteiger partial charge in [0, 0.05) is 25.6 Å². The average Bonchev–Trinajstić information content (AvgIpc) is 3.29. The number of nitrogens with zero attached hydrogens (tertiary/aromatic N) is 1. The third kappa shape index (κ3) is 6.12. The first-order valence-corrected chi connectivity index (χ1v) is 14.2. The zero-order chi connectivity index (χ0) is 29.0. The summed E-state index contributed by atoms with van der Waals surface area (Å²) in [5, 5.41) is 15.6. The van der Waals surface area contributed by atoms with Crippen LogP contribution in [0.5, 0.6) is 0 Å². The molecule has 0 saturated carbocycles. The number of carboxylic acids is 1. The molecule has 8 nitrogen and oxygen atoms in total. The summed E-state index contributed by atoms with van der Waals surface area (Å²) in [6.45, 7) is 5.54. The topological polar surface area (TPSA) is 108 Å². The number of benzene rings is 3. The van der Waals surface area contributed by atoms with Gasteiger partial charge in [-0.15, -0.1) is 0 Å². The number of amides is 2. The third-order valence-corrected chi connectivity index (χ3v) is 8.30. The molecule has 1 atom stereocenters. The number of carboxylic acid groups (broad SMARTS) is 1. The van der Waals surface area contributed by atoms with E-state index < -0.39 is 29.6 Å². The number of carbonyl (C=O) groups is 3. The molecule has 0 aromatic heterocycles. The summed E-state index contributed by atoms with van der Waals surface area (Å²) >= 11 is 0. The van der Waals surface area contributed by atoms with Gasteiger partial charge in [-0.25, -0.2) is 9.59 Å². The van der Waals surface area contributed by atoms with Crippen LogP contribution in [0.4, 0.5) is 4.79 Å². The van der Waals surface area contributed by atoms with Crippen LogP contribution in [0.1, 0.15) is 49.3 Å². The average molecular weight is 556 g/mol. The quantitative estimate of drug-likeness (QED) is 0.351. The molecule has 1 saturated heterocycles. The number of hydrogen-bond donors (Lipinski definition) is 3. The molecule has 0 radical (unpaired) electrons. The first kappa shape index (κ1) is 28.4. The number of hydrogen-bond acceptors (Lipinski definition) is 5. The van der Waals surface area contributed by atoms with Crippen LogP contribution in [-0.2, 0) is 20.9 Å². The Labute approximate surface area is 240 Å². The number of fused-ring (bicyclic) bond motifs is 3. The van der Waals surface area contributed by atoms with Crippen LogP contribution in [0.25, 0.3) is 11.1 Å². The maximum Gasteiger partial charge on any atom is 0.407 e. The van der Waals surface area contributed by atoms with E-state index in [-0.39, 0.29) is 31.3 Å². The number of aliphatic carboxylic acids is 1. The number of alkyl carbamates (subject to hydrolysis) is 1. The standard InChI is InChI=1S/C33H37N3O5/c1-22(2)29(30(37)35-33(31(38)39)16-18-36(19-17-33)20-23-10-4-3-5-11-23)34-32(40)41-21-28-26-14-8-6-12-24(26)25-13-7-9-15-27(25)28/h3-15,22,28-29H,16-21H2,1-2H3,(H,34,40)(H,35,37)(H,38,39)/t29-/m0/s1. The van der Waals surface area contributed by atoms with E-state index in [1.807, 2.05) is 80.6 Å². The van der Waals surface area contributed by atoms with Gasteiger partial charge in [-0.3, -0.25) is 9.69 Å². The van der Waals surface area contributed by atoms with Gasteiger partial charge in [0.1, 0.15) is 18.2 Å². The molecule has 214 valence electrons. The molecule has 2 amide bonds. The Hall–Kier alpha value is -4.17. The summed E-state index contributed by atoms with van der Waals surface area (Å²) in [6, 6.07) is 25.2. The van der Waals surface area contributed by atoms with Crippen molar-refractivity contribution in [2.45, 2.75) is 50.7 Å². The Bertz CT molecular complexity index is 1350. The Balaban J connectivity index is 1.20. The second kappa shape index (κ2) is 12.1. The van der Waals surface area contributed by atoms with E-state index in [0.717, 1.165) is 34.4 Å². The van der Waals surface area contributed by atoms with Crippen LogP contribution in [0.15, 0.2) is 78.9 Å². The highest BCUT2D eigenvalue weighted by Crippen LogP contribution is 2.44. The number of nitrogens with one attached hydrogen (secondary N) is 2. The summed E-state index contributed by atoms with van der Waals surface area (Å²) in [5.74, 6) is -1.96. The Morgan fingerprint density at radius 3 is 2.02 bits per heavy atom. The lowest BCUT2D eigenvalue weighted by Gasteiger charge is -2.40. The third-order valence-electron chi connectivity index (χ3n) is 8.30. The van der Waals surface area contributed by atoms with Gasteiger partial charge in [0.15, 0.2) is 0 Å². The fourth-order valence-corrected chi connectivity index (χ4v) is 5.94. The fourth-order valence-electron chi connectivity index (χ4n) is 5.94. The molecule has 3 aromatic carbocycles. The van der Waals surface area contributed by atoms with E-state index in [2.05, 4.69) is 27.7 Å². The molecular weight excluding hydrogens is 518 g/mol. The molecule has 1 aliphatic carbocycles. The minimum absolute atomic E-state index is 0.101. The van der Waals surface area contributed by atoms with Gasteiger partial charge in [-0.05, 0) is 46.6 Å². The van der Waals surface area contributed by atoms with Crippen LogP contribution in [0, 0.1) is 5.92 Å². The summed E-state index contributed by atoms with van der Waals surface area (Å²) < 4.78 is 5.65. The van der Waals surface area contributed by atoms with Crippen molar-refractivity contribution in [2.24, 2.45) is 5.92 Å². The zero-order valence-corrected chi connectivity index (χ0v) is 23.5. The van der Waals surface area contributed by atoms with Crippen molar-refractivity contribution >= 4 is 18.0 Å². The van der Waals surface area contributed by atoms with E-state index in [0.29, 0.717) is 13.1 Å². The van der Waals surface area contributed by atoms with Crippen molar-refractivity contribution in [3.05, 3.63) is 95.6 Å². The monoisotopic (exact) mass is 555 g/mol. The highest BCUT2D eigenvalue weighted by Gasteiger charge is 2.44. The molecule has 0 unspecified atom stereocenters. The molecule has 1 heterocycles. The molecule has 3 N–H and O–H groups in total. The maximum absolute atomic E-state index is 13.4. The Morgan fingerprint density at radius 2 is 1.46 bits per heavy atom. The van der Waals surface area contributed by atoms with Crippen molar-refractivity contribution in [3.63, 3.8) is 0 Å². The lowest BCUT2D eigenvalue weighted by atomic mass is 9.86. The van der Waals surface area contributed by atoms with Gasteiger partial charge in [0.2, 0.25) is 5.91 Å². The second-order valence-electron chi connectivity index (χ2n) is 11.3. The van der Waals surface area contributed by atoms with Crippen molar-refractivity contribution in [3.8, 4) is 11.1 Å². The van der Waals surface area contributed by atoms with Crippen molar-refractivity contribution in [1.82, 2.24) is 15.5 Å². The zero-order valence-electron chi connectivity index (χ0n) is 23.5. The van der Waals surface area contributed by atoms with Gasteiger partial charge >= 0.3 is 12.1 Å². The number of piperidine rings is 1. The summed E-state index contributed by atoms with van der Waals surface area (Å²) in [5.41, 5.74) is 4.23. The van der Waals surface area contributed by atoms with Gasteiger partial charge < -0.3 is 20.5 Å². The predicted molar refractivity (Wildman–Crippen MR) is 156 cm³/mol. The molecule has 0 bridgehead atoms. The van der Waals surface area contributed by atoms with E-state index >= 15 is 0 Å². The lowest BCUT2D eigenvalue weighted by Crippen LogP contribution is -2.63. The largest absolute Gasteiger partial charge is 0.480 e. The molecule has 2 aliphatic rings. The van der Waals surface area contributed by atoms with Crippen LogP contribution >= 0.6 is 0 Å². The highest BCUT2D eigenvalue weighted by molar-refractivity contribution is 5.91. The molecule has 3 aromatic rings. The number of rotatable bonds is 9. The van der Waals surface area contributed by atoms with E-state index in [4.69, 9.17) is 4.74 Å². The molecule has 8 heteroatoms. The van der Waals surface area contributed by atoms with Crippen molar-refractivity contribution in [1.29, 1.82) is 0 Å². The molecule has 1 aliphatic heterocycles. The predicted octanol–water partition coefficient (Wildman–Crippen LogP) is 4.79. The second-order valence-corrected chi connectivity index (χ2v) is 11.3. The highest BCUT2D eigenvalue weighted by atomic mass is 16.5. The fraction of sp³-hybridized carbons (Fsp3) is 0.364. The molecule has 0 spiro atoms. The summed E-state index contributed by atoms with van der Waals surface area (Å²) in [4.78, 5) is 40.9. The summed E-state index contributed by atoms with van der Waals surface area (Å²) in [6.07, 6.45) is -0.157. The Morgan fingerprint density at radius 1 is 0.902 bits per heavy atom. The minimum Gasteiger partial charge on any atom is -0.480 e. The number of ether oxygens (including phenoxy) is 1. The normalized spacial score (nSPS) is 16.9. The molecule has 41 heavy (non-hydrogen) atoms. The van der Waals surface area contributed by atoms with E-state index in [1.54, 1.807) is 0 Å². The van der Waals surface area contributed by atoms with Gasteiger partial charge in [-0.2, -0.15) is 0 Å². The van der Waals surface area contributed by atoms with Gasteiger partial charge in [-0.1, -0.05) is 92.7 Å². The SMILES string of the molecule is CC(C)[C@H](NC(=O)OCC1c2ccccc2-c2ccccc21)C(=O)NC1(C(=O)O)CCN(Cc2ccccc2)CC1. The molecular formula is C33H37N3O5. The molecule has 5 rings (SSSR count). The smallest absolute Gasteiger partial charge is 0.407 e. The first-order chi connectivity index (χ1) is 19.8. The van der Waals surface area contributed by atoms with Gasteiger partial charge in [0.05, 0.1) is 0 Å². The lowest BCUT2D eigenvalue weighted by molar-refractivity contribution is -0.150.